The van der Waals surface area contributed by atoms with Crippen molar-refractivity contribution in [3.05, 3.63) is 46.5 Å². The van der Waals surface area contributed by atoms with Gasteiger partial charge in [-0.3, -0.25) is 9.36 Å². The van der Waals surface area contributed by atoms with E-state index in [2.05, 4.69) is 20.5 Å². The maximum atomic E-state index is 12.3. The van der Waals surface area contributed by atoms with Crippen LogP contribution in [-0.2, 0) is 22.6 Å². The number of carboxylic acid groups (broad SMARTS) is 1. The fraction of sp³-hybridized carbons (Fsp3) is 0.333. The lowest BCUT2D eigenvalue weighted by Gasteiger charge is -2.14. The molecule has 10 heteroatoms. The van der Waals surface area contributed by atoms with Crippen molar-refractivity contribution in [3.8, 4) is 0 Å². The molecule has 3 aromatic rings. The lowest BCUT2D eigenvalue weighted by Crippen LogP contribution is -2.43. The highest BCUT2D eigenvalue weighted by Crippen LogP contribution is 2.19. The molecule has 2 aromatic heterocycles. The highest BCUT2D eigenvalue weighted by Gasteiger charge is 2.22. The molecule has 0 aliphatic rings. The van der Waals surface area contributed by atoms with Gasteiger partial charge >= 0.3 is 11.7 Å². The minimum absolute atomic E-state index is 0.0360. The van der Waals surface area contributed by atoms with E-state index in [9.17, 15) is 19.5 Å². The number of benzene rings is 1. The average Bonchev–Trinajstić information content (AvgIpc) is 3.24. The second kappa shape index (κ2) is 8.79. The topological polar surface area (TPSA) is 133 Å². The van der Waals surface area contributed by atoms with E-state index in [-0.39, 0.29) is 17.9 Å². The first kappa shape index (κ1) is 19.7. The molecule has 0 fully saturated rings. The van der Waals surface area contributed by atoms with Gasteiger partial charge in [0.2, 0.25) is 5.91 Å². The van der Waals surface area contributed by atoms with Crippen molar-refractivity contribution in [1.82, 2.24) is 25.1 Å². The Hall–Kier alpha value is -3.01. The van der Waals surface area contributed by atoms with E-state index < -0.39 is 17.9 Å². The number of carbonyl (C=O) groups is 2. The van der Waals surface area contributed by atoms with E-state index in [4.69, 9.17) is 0 Å². The van der Waals surface area contributed by atoms with Crippen molar-refractivity contribution in [2.75, 3.05) is 5.75 Å². The fourth-order valence-electron chi connectivity index (χ4n) is 2.92. The van der Waals surface area contributed by atoms with Crippen molar-refractivity contribution in [2.45, 2.75) is 37.5 Å². The molecule has 0 aliphatic heterocycles. The Morgan fingerprint density at radius 3 is 2.89 bits per heavy atom. The van der Waals surface area contributed by atoms with Gasteiger partial charge in [0.25, 0.3) is 0 Å². The Bertz CT molecular complexity index is 1040. The number of thioether (sulfide) groups is 1. The third kappa shape index (κ3) is 4.45. The summed E-state index contributed by atoms with van der Waals surface area (Å²) in [6.07, 6.45) is 2.68. The molecule has 1 unspecified atom stereocenters. The van der Waals surface area contributed by atoms with Crippen molar-refractivity contribution in [2.24, 2.45) is 0 Å². The summed E-state index contributed by atoms with van der Waals surface area (Å²) in [6.45, 7) is 2.43. The number of carbonyl (C=O) groups excluding carboxylic acids is 1. The van der Waals surface area contributed by atoms with Crippen molar-refractivity contribution in [3.63, 3.8) is 0 Å². The van der Waals surface area contributed by atoms with E-state index in [1.807, 2.05) is 31.2 Å². The first-order valence-electron chi connectivity index (χ1n) is 8.84. The maximum absolute atomic E-state index is 12.3. The van der Waals surface area contributed by atoms with Gasteiger partial charge in [-0.2, -0.15) is 0 Å². The number of carboxylic acids is 1. The minimum atomic E-state index is -1.11. The molecule has 0 bridgehead atoms. The van der Waals surface area contributed by atoms with Gasteiger partial charge in [-0.1, -0.05) is 36.9 Å². The molecule has 4 N–H and O–H groups in total. The lowest BCUT2D eigenvalue weighted by molar-refractivity contribution is -0.141. The largest absolute Gasteiger partial charge is 0.480 e. The molecule has 0 saturated heterocycles. The number of hydrogen-bond donors (Lipinski definition) is 4. The van der Waals surface area contributed by atoms with E-state index in [0.717, 1.165) is 34.6 Å². The molecule has 2 heterocycles. The van der Waals surface area contributed by atoms with Gasteiger partial charge in [-0.15, -0.1) is 5.10 Å². The minimum Gasteiger partial charge on any atom is -0.480 e. The number of H-pyrrole nitrogens is 2. The summed E-state index contributed by atoms with van der Waals surface area (Å²) in [5, 5.41) is 19.6. The van der Waals surface area contributed by atoms with Crippen molar-refractivity contribution < 1.29 is 14.7 Å². The van der Waals surface area contributed by atoms with E-state index >= 15 is 0 Å². The van der Waals surface area contributed by atoms with E-state index in [0.29, 0.717) is 11.7 Å². The van der Waals surface area contributed by atoms with Gasteiger partial charge in [0, 0.05) is 30.1 Å². The molecule has 1 aromatic carbocycles. The van der Waals surface area contributed by atoms with E-state index in [1.54, 1.807) is 6.20 Å². The second-order valence-electron chi connectivity index (χ2n) is 6.27. The van der Waals surface area contributed by atoms with Crippen molar-refractivity contribution >= 4 is 34.5 Å². The number of nitrogens with zero attached hydrogens (tertiary/aromatic N) is 2. The van der Waals surface area contributed by atoms with Gasteiger partial charge in [-0.25, -0.2) is 14.7 Å². The number of aromatic nitrogens is 4. The number of nitrogens with one attached hydrogen (secondary N) is 3. The summed E-state index contributed by atoms with van der Waals surface area (Å²) in [6, 6.07) is 6.53. The van der Waals surface area contributed by atoms with Crippen LogP contribution in [-0.4, -0.2) is 48.5 Å². The van der Waals surface area contributed by atoms with Crippen LogP contribution in [0.3, 0.4) is 0 Å². The summed E-state index contributed by atoms with van der Waals surface area (Å²) < 4.78 is 1.46. The Morgan fingerprint density at radius 2 is 2.14 bits per heavy atom. The Morgan fingerprint density at radius 1 is 1.36 bits per heavy atom. The van der Waals surface area contributed by atoms with Crippen LogP contribution in [0.5, 0.6) is 0 Å². The van der Waals surface area contributed by atoms with Gasteiger partial charge < -0.3 is 15.4 Å². The van der Waals surface area contributed by atoms with Gasteiger partial charge in [0.15, 0.2) is 5.16 Å². The monoisotopic (exact) mass is 403 g/mol. The van der Waals surface area contributed by atoms with Gasteiger partial charge in [0.1, 0.15) is 6.04 Å². The summed E-state index contributed by atoms with van der Waals surface area (Å²) in [7, 11) is 0. The number of amides is 1. The number of aromatic amines is 2. The van der Waals surface area contributed by atoms with Crippen LogP contribution in [0.4, 0.5) is 0 Å². The Labute approximate surface area is 164 Å². The number of fused-ring (bicyclic) bond motifs is 1. The second-order valence-corrected chi connectivity index (χ2v) is 7.22. The molecule has 0 aliphatic carbocycles. The number of aliphatic carboxylic acids is 1. The number of rotatable bonds is 9. The van der Waals surface area contributed by atoms with Crippen LogP contribution in [0.25, 0.3) is 10.9 Å². The smallest absolute Gasteiger partial charge is 0.343 e. The summed E-state index contributed by atoms with van der Waals surface area (Å²) in [5.74, 6) is -1.58. The van der Waals surface area contributed by atoms with Crippen LogP contribution in [0.1, 0.15) is 18.9 Å². The van der Waals surface area contributed by atoms with Gasteiger partial charge in [-0.05, 0) is 18.1 Å². The molecule has 148 valence electrons. The molecule has 9 nitrogen and oxygen atoms in total. The zero-order valence-electron chi connectivity index (χ0n) is 15.3. The SMILES string of the molecule is CCCn1c(SCC(=O)NC(Cc2c[nH]c3ccccc23)C(=O)O)n[nH]c1=O. The van der Waals surface area contributed by atoms with Crippen LogP contribution < -0.4 is 11.0 Å². The van der Waals surface area contributed by atoms with Crippen LogP contribution in [0, 0.1) is 0 Å². The Balaban J connectivity index is 1.63. The first-order chi connectivity index (χ1) is 13.5. The van der Waals surface area contributed by atoms with E-state index in [1.165, 1.54) is 4.57 Å². The summed E-state index contributed by atoms with van der Waals surface area (Å²) in [4.78, 5) is 38.7. The summed E-state index contributed by atoms with van der Waals surface area (Å²) >= 11 is 1.09. The highest BCUT2D eigenvalue weighted by atomic mass is 32.2. The zero-order valence-corrected chi connectivity index (χ0v) is 16.1. The molecular weight excluding hydrogens is 382 g/mol. The fourth-order valence-corrected chi connectivity index (χ4v) is 3.70. The molecule has 28 heavy (non-hydrogen) atoms. The quantitative estimate of drug-likeness (QED) is 0.399. The third-order valence-electron chi connectivity index (χ3n) is 4.24. The summed E-state index contributed by atoms with van der Waals surface area (Å²) in [5.41, 5.74) is 1.41. The molecule has 1 atom stereocenters. The first-order valence-corrected chi connectivity index (χ1v) is 9.83. The molecule has 1 amide bonds. The lowest BCUT2D eigenvalue weighted by atomic mass is 10.1. The molecule has 0 spiro atoms. The normalized spacial score (nSPS) is 12.2. The number of para-hydroxylation sites is 1. The molecule has 0 radical (unpaired) electrons. The zero-order chi connectivity index (χ0) is 20.1. The molecule has 3 rings (SSSR count). The predicted molar refractivity (Wildman–Crippen MR) is 105 cm³/mol. The van der Waals surface area contributed by atoms with Crippen LogP contribution in [0.15, 0.2) is 40.4 Å². The van der Waals surface area contributed by atoms with Crippen molar-refractivity contribution in [1.29, 1.82) is 0 Å². The Kier molecular flexibility index (Phi) is 6.19. The highest BCUT2D eigenvalue weighted by molar-refractivity contribution is 7.99. The maximum Gasteiger partial charge on any atom is 0.343 e. The standard InChI is InChI=1S/C18H21N5O4S/c1-2-7-23-17(27)21-22-18(23)28-10-15(24)20-14(16(25)26)8-11-9-19-13-6-4-3-5-12(11)13/h3-6,9,14,19H,2,7-8,10H2,1H3,(H,20,24)(H,21,27)(H,25,26). The van der Waals surface area contributed by atoms with Gasteiger partial charge in [0.05, 0.1) is 5.75 Å². The predicted octanol–water partition coefficient (Wildman–Crippen LogP) is 1.37. The third-order valence-corrected chi connectivity index (χ3v) is 5.21. The number of hydrogen-bond acceptors (Lipinski definition) is 5. The van der Waals surface area contributed by atoms with Crippen LogP contribution in [0.2, 0.25) is 0 Å². The van der Waals surface area contributed by atoms with Crippen LogP contribution >= 0.6 is 11.8 Å². The average molecular weight is 403 g/mol. The molecular formula is C18H21N5O4S. The molecule has 0 saturated carbocycles.